The summed E-state index contributed by atoms with van der Waals surface area (Å²) >= 11 is 0. The van der Waals surface area contributed by atoms with E-state index >= 15 is 0 Å². The van der Waals surface area contributed by atoms with Crippen molar-refractivity contribution in [3.63, 3.8) is 0 Å². The van der Waals surface area contributed by atoms with Crippen molar-refractivity contribution in [1.29, 1.82) is 0 Å². The van der Waals surface area contributed by atoms with Crippen LogP contribution < -0.4 is 0 Å². The average Bonchev–Trinajstić information content (AvgIpc) is 3.21. The molecule has 7 nitrogen and oxygen atoms in total. The van der Waals surface area contributed by atoms with Crippen molar-refractivity contribution in [3.05, 3.63) is 11.9 Å². The number of carbonyl (C=O) groups excluding carboxylic acids is 1. The zero-order valence-electron chi connectivity index (χ0n) is 11.8. The highest BCUT2D eigenvalue weighted by atomic mass is 16.3. The summed E-state index contributed by atoms with van der Waals surface area (Å²) in [5.74, 6) is 0.453. The third-order valence-corrected chi connectivity index (χ3v) is 4.09. The van der Waals surface area contributed by atoms with Crippen LogP contribution in [0.2, 0.25) is 0 Å². The van der Waals surface area contributed by atoms with Crippen molar-refractivity contribution in [2.24, 2.45) is 13.0 Å². The van der Waals surface area contributed by atoms with Gasteiger partial charge >= 0.3 is 0 Å². The number of piperazine rings is 1. The van der Waals surface area contributed by atoms with E-state index in [0.717, 1.165) is 32.5 Å². The van der Waals surface area contributed by atoms with Gasteiger partial charge in [0.1, 0.15) is 0 Å². The molecule has 0 spiro atoms. The molecule has 3 rings (SSSR count). The molecule has 1 aliphatic carbocycles. The van der Waals surface area contributed by atoms with Crippen molar-refractivity contribution in [2.45, 2.75) is 18.9 Å². The zero-order chi connectivity index (χ0) is 14.1. The summed E-state index contributed by atoms with van der Waals surface area (Å²) in [6, 6.07) is 0. The Bertz CT molecular complexity index is 477. The van der Waals surface area contributed by atoms with Gasteiger partial charge in [-0.2, -0.15) is 0 Å². The minimum absolute atomic E-state index is 0.0551. The summed E-state index contributed by atoms with van der Waals surface area (Å²) < 4.78 is 1.54. The summed E-state index contributed by atoms with van der Waals surface area (Å²) in [5.41, 5.74) is 0.402. The minimum atomic E-state index is -0.197. The summed E-state index contributed by atoms with van der Waals surface area (Å²) in [7, 11) is 1.75. The Hall–Kier alpha value is -1.47. The predicted octanol–water partition coefficient (Wildman–Crippen LogP) is -0.656. The first kappa shape index (κ1) is 13.5. The second kappa shape index (κ2) is 5.49. The Morgan fingerprint density at radius 2 is 2.10 bits per heavy atom. The van der Waals surface area contributed by atoms with E-state index in [1.807, 2.05) is 4.90 Å². The maximum atomic E-state index is 12.2. The Morgan fingerprint density at radius 3 is 2.65 bits per heavy atom. The highest BCUT2D eigenvalue weighted by molar-refractivity contribution is 5.92. The van der Waals surface area contributed by atoms with Gasteiger partial charge in [0.05, 0.1) is 12.3 Å². The van der Waals surface area contributed by atoms with Crippen LogP contribution in [0.15, 0.2) is 6.20 Å². The highest BCUT2D eigenvalue weighted by Crippen LogP contribution is 2.32. The van der Waals surface area contributed by atoms with Gasteiger partial charge in [0.2, 0.25) is 0 Å². The van der Waals surface area contributed by atoms with Crippen molar-refractivity contribution >= 4 is 5.91 Å². The molecule has 1 amide bonds. The normalized spacial score (nSPS) is 22.0. The van der Waals surface area contributed by atoms with E-state index in [4.69, 9.17) is 0 Å². The van der Waals surface area contributed by atoms with Crippen LogP contribution in [0.3, 0.4) is 0 Å². The molecule has 1 aliphatic heterocycles. The number of aryl methyl sites for hydroxylation is 1. The molecule has 1 aromatic rings. The molecule has 7 heteroatoms. The lowest BCUT2D eigenvalue weighted by Gasteiger charge is -2.35. The van der Waals surface area contributed by atoms with Gasteiger partial charge in [-0.1, -0.05) is 5.21 Å². The second-order valence-electron chi connectivity index (χ2n) is 5.78. The number of aliphatic hydroxyl groups excluding tert-OH is 1. The first-order valence-corrected chi connectivity index (χ1v) is 7.19. The molecule has 20 heavy (non-hydrogen) atoms. The molecule has 2 fully saturated rings. The number of hydrogen-bond donors (Lipinski definition) is 1. The topological polar surface area (TPSA) is 74.5 Å². The van der Waals surface area contributed by atoms with Gasteiger partial charge < -0.3 is 10.0 Å². The standard InChI is InChI=1S/C13H21N5O2/c1-16-8-11(14-15-16)13(20)18-6-4-17(5-7-18)9-12(19)10-2-3-10/h8,10,12,19H,2-7,9H2,1H3/t12-/m1/s1. The maximum Gasteiger partial charge on any atom is 0.276 e. The van der Waals surface area contributed by atoms with Crippen molar-refractivity contribution in [2.75, 3.05) is 32.7 Å². The maximum absolute atomic E-state index is 12.2. The fourth-order valence-electron chi connectivity index (χ4n) is 2.64. The van der Waals surface area contributed by atoms with E-state index in [1.54, 1.807) is 13.2 Å². The summed E-state index contributed by atoms with van der Waals surface area (Å²) in [6.45, 7) is 3.74. The number of rotatable bonds is 4. The van der Waals surface area contributed by atoms with E-state index in [9.17, 15) is 9.90 Å². The molecule has 2 heterocycles. The number of β-amino-alcohol motifs (C(OH)–C–C–N with tert-alkyl or cyclic N) is 1. The van der Waals surface area contributed by atoms with E-state index in [0.29, 0.717) is 24.7 Å². The van der Waals surface area contributed by atoms with Gasteiger partial charge in [0.25, 0.3) is 5.91 Å². The number of amides is 1. The molecular weight excluding hydrogens is 258 g/mol. The molecule has 0 unspecified atom stereocenters. The molecule has 1 saturated heterocycles. The first-order valence-electron chi connectivity index (χ1n) is 7.19. The smallest absolute Gasteiger partial charge is 0.276 e. The van der Waals surface area contributed by atoms with E-state index in [1.165, 1.54) is 4.68 Å². The molecule has 0 bridgehead atoms. The lowest BCUT2D eigenvalue weighted by atomic mass is 10.2. The van der Waals surface area contributed by atoms with Crippen LogP contribution in [0.25, 0.3) is 0 Å². The highest BCUT2D eigenvalue weighted by Gasteiger charge is 2.32. The quantitative estimate of drug-likeness (QED) is 0.792. The second-order valence-corrected chi connectivity index (χ2v) is 5.78. The Kier molecular flexibility index (Phi) is 3.71. The van der Waals surface area contributed by atoms with Gasteiger partial charge in [-0.3, -0.25) is 14.4 Å². The molecule has 0 aromatic carbocycles. The monoisotopic (exact) mass is 279 g/mol. The largest absolute Gasteiger partial charge is 0.392 e. The lowest BCUT2D eigenvalue weighted by molar-refractivity contribution is 0.0484. The van der Waals surface area contributed by atoms with Crippen LogP contribution >= 0.6 is 0 Å². The van der Waals surface area contributed by atoms with Crippen molar-refractivity contribution in [3.8, 4) is 0 Å². The molecule has 2 aliphatic rings. The van der Waals surface area contributed by atoms with E-state index in [-0.39, 0.29) is 12.0 Å². The minimum Gasteiger partial charge on any atom is -0.392 e. The number of nitrogens with zero attached hydrogens (tertiary/aromatic N) is 5. The third-order valence-electron chi connectivity index (χ3n) is 4.09. The summed E-state index contributed by atoms with van der Waals surface area (Å²) in [5, 5.41) is 17.6. The molecule has 0 radical (unpaired) electrons. The van der Waals surface area contributed by atoms with E-state index in [2.05, 4.69) is 15.2 Å². The number of hydrogen-bond acceptors (Lipinski definition) is 5. The Morgan fingerprint density at radius 1 is 1.40 bits per heavy atom. The lowest BCUT2D eigenvalue weighted by Crippen LogP contribution is -2.50. The molecule has 1 aromatic heterocycles. The molecule has 1 atom stereocenters. The molecule has 1 saturated carbocycles. The fourth-order valence-corrected chi connectivity index (χ4v) is 2.64. The number of aromatic nitrogens is 3. The number of carbonyl (C=O) groups is 1. The molecular formula is C13H21N5O2. The third kappa shape index (κ3) is 2.99. The zero-order valence-corrected chi connectivity index (χ0v) is 11.8. The van der Waals surface area contributed by atoms with Crippen molar-refractivity contribution in [1.82, 2.24) is 24.8 Å². The Labute approximate surface area is 118 Å². The predicted molar refractivity (Wildman–Crippen MR) is 72.1 cm³/mol. The molecule has 110 valence electrons. The summed E-state index contributed by atoms with van der Waals surface area (Å²) in [6.07, 6.45) is 3.77. The van der Waals surface area contributed by atoms with Gasteiger partial charge in [0.15, 0.2) is 5.69 Å². The van der Waals surface area contributed by atoms with Crippen LogP contribution in [0, 0.1) is 5.92 Å². The summed E-state index contributed by atoms with van der Waals surface area (Å²) in [4.78, 5) is 16.3. The van der Waals surface area contributed by atoms with E-state index < -0.39 is 0 Å². The van der Waals surface area contributed by atoms with Gasteiger partial charge in [-0.15, -0.1) is 5.10 Å². The molecule has 1 N–H and O–H groups in total. The van der Waals surface area contributed by atoms with Crippen LogP contribution in [-0.4, -0.2) is 74.6 Å². The van der Waals surface area contributed by atoms with Gasteiger partial charge in [-0.25, -0.2) is 0 Å². The van der Waals surface area contributed by atoms with Gasteiger partial charge in [0, 0.05) is 39.8 Å². The fraction of sp³-hybridized carbons (Fsp3) is 0.769. The SMILES string of the molecule is Cn1cc(C(=O)N2CCN(C[C@@H](O)C3CC3)CC2)nn1. The Balaban J connectivity index is 1.49. The van der Waals surface area contributed by atoms with Crippen LogP contribution in [0.1, 0.15) is 23.3 Å². The number of aliphatic hydroxyl groups is 1. The van der Waals surface area contributed by atoms with Crippen LogP contribution in [0.5, 0.6) is 0 Å². The van der Waals surface area contributed by atoms with Gasteiger partial charge in [-0.05, 0) is 18.8 Å². The van der Waals surface area contributed by atoms with Crippen LogP contribution in [-0.2, 0) is 7.05 Å². The first-order chi connectivity index (χ1) is 9.63. The van der Waals surface area contributed by atoms with Crippen molar-refractivity contribution < 1.29 is 9.90 Å². The average molecular weight is 279 g/mol. The van der Waals surface area contributed by atoms with Crippen LogP contribution in [0.4, 0.5) is 0 Å².